The SMILES string of the molecule is CCNC(=NCC(C)CN1CCN(CC)CC1)NCC(C)Sc1ccccc1. The molecule has 0 spiro atoms. The van der Waals surface area contributed by atoms with Crippen LogP contribution in [0.4, 0.5) is 0 Å². The maximum atomic E-state index is 4.84. The van der Waals surface area contributed by atoms with E-state index >= 15 is 0 Å². The van der Waals surface area contributed by atoms with E-state index in [1.54, 1.807) is 0 Å². The largest absolute Gasteiger partial charge is 0.357 e. The molecule has 5 nitrogen and oxygen atoms in total. The zero-order chi connectivity index (χ0) is 20.2. The number of piperazine rings is 1. The molecule has 158 valence electrons. The van der Waals surface area contributed by atoms with E-state index in [0.29, 0.717) is 11.2 Å². The summed E-state index contributed by atoms with van der Waals surface area (Å²) < 4.78 is 0. The highest BCUT2D eigenvalue weighted by atomic mass is 32.2. The van der Waals surface area contributed by atoms with E-state index in [1.165, 1.54) is 37.6 Å². The van der Waals surface area contributed by atoms with Crippen LogP contribution in [-0.2, 0) is 0 Å². The van der Waals surface area contributed by atoms with E-state index in [-0.39, 0.29) is 0 Å². The number of thioether (sulfide) groups is 1. The fraction of sp³-hybridized carbons (Fsp3) is 0.682. The average molecular weight is 406 g/mol. The highest BCUT2D eigenvalue weighted by molar-refractivity contribution is 8.00. The molecule has 2 N–H and O–H groups in total. The third-order valence-corrected chi connectivity index (χ3v) is 6.14. The highest BCUT2D eigenvalue weighted by Crippen LogP contribution is 2.21. The molecule has 0 aliphatic carbocycles. The van der Waals surface area contributed by atoms with Crippen molar-refractivity contribution in [2.24, 2.45) is 10.9 Å². The number of hydrogen-bond donors (Lipinski definition) is 2. The van der Waals surface area contributed by atoms with Crippen molar-refractivity contribution < 1.29 is 0 Å². The smallest absolute Gasteiger partial charge is 0.191 e. The molecule has 1 aliphatic heterocycles. The van der Waals surface area contributed by atoms with Gasteiger partial charge in [0.05, 0.1) is 0 Å². The summed E-state index contributed by atoms with van der Waals surface area (Å²) in [6.07, 6.45) is 0. The van der Waals surface area contributed by atoms with E-state index in [2.05, 4.69) is 78.5 Å². The van der Waals surface area contributed by atoms with Gasteiger partial charge in [-0.1, -0.05) is 39.0 Å². The fourth-order valence-electron chi connectivity index (χ4n) is 3.39. The molecule has 28 heavy (non-hydrogen) atoms. The lowest BCUT2D eigenvalue weighted by Crippen LogP contribution is -2.47. The van der Waals surface area contributed by atoms with Gasteiger partial charge in [-0.25, -0.2) is 0 Å². The molecule has 0 radical (unpaired) electrons. The van der Waals surface area contributed by atoms with Crippen LogP contribution in [0.15, 0.2) is 40.2 Å². The predicted octanol–water partition coefficient (Wildman–Crippen LogP) is 3.00. The fourth-order valence-corrected chi connectivity index (χ4v) is 4.33. The van der Waals surface area contributed by atoms with Gasteiger partial charge in [-0.2, -0.15) is 0 Å². The topological polar surface area (TPSA) is 42.9 Å². The van der Waals surface area contributed by atoms with Gasteiger partial charge >= 0.3 is 0 Å². The van der Waals surface area contributed by atoms with Gasteiger partial charge in [-0.3, -0.25) is 4.99 Å². The van der Waals surface area contributed by atoms with Gasteiger partial charge in [0.15, 0.2) is 5.96 Å². The van der Waals surface area contributed by atoms with Crippen LogP contribution < -0.4 is 10.6 Å². The molecule has 2 rings (SSSR count). The lowest BCUT2D eigenvalue weighted by atomic mass is 10.1. The summed E-state index contributed by atoms with van der Waals surface area (Å²) in [6, 6.07) is 10.6. The molecular weight excluding hydrogens is 366 g/mol. The van der Waals surface area contributed by atoms with E-state index in [0.717, 1.165) is 32.1 Å². The van der Waals surface area contributed by atoms with Crippen LogP contribution in [0.1, 0.15) is 27.7 Å². The number of nitrogens with one attached hydrogen (secondary N) is 2. The molecule has 1 aromatic rings. The van der Waals surface area contributed by atoms with E-state index < -0.39 is 0 Å². The first kappa shape index (κ1) is 23.0. The van der Waals surface area contributed by atoms with Crippen LogP contribution in [0.2, 0.25) is 0 Å². The van der Waals surface area contributed by atoms with Crippen LogP contribution >= 0.6 is 11.8 Å². The second-order valence-corrected chi connectivity index (χ2v) is 9.19. The van der Waals surface area contributed by atoms with Crippen molar-refractivity contribution in [3.63, 3.8) is 0 Å². The van der Waals surface area contributed by atoms with Gasteiger partial charge in [0.1, 0.15) is 0 Å². The molecule has 1 saturated heterocycles. The maximum Gasteiger partial charge on any atom is 0.191 e. The molecule has 2 unspecified atom stereocenters. The standard InChI is InChI=1S/C22H39N5S/c1-5-23-22(25-17-20(4)28-21-10-8-7-9-11-21)24-16-19(3)18-27-14-12-26(6-2)13-15-27/h7-11,19-20H,5-6,12-18H2,1-4H3,(H2,23,24,25). The Bertz CT molecular complexity index is 557. The summed E-state index contributed by atoms with van der Waals surface area (Å²) in [7, 11) is 0. The first-order chi connectivity index (χ1) is 13.6. The first-order valence-electron chi connectivity index (χ1n) is 10.8. The van der Waals surface area contributed by atoms with Crippen LogP contribution in [0.3, 0.4) is 0 Å². The van der Waals surface area contributed by atoms with Crippen molar-refractivity contribution in [3.8, 4) is 0 Å². The number of rotatable bonds is 10. The Morgan fingerprint density at radius 1 is 1.04 bits per heavy atom. The highest BCUT2D eigenvalue weighted by Gasteiger charge is 2.17. The van der Waals surface area contributed by atoms with E-state index in [4.69, 9.17) is 4.99 Å². The van der Waals surface area contributed by atoms with Crippen molar-refractivity contribution in [2.75, 3.05) is 58.9 Å². The van der Waals surface area contributed by atoms with Crippen molar-refractivity contribution in [1.82, 2.24) is 20.4 Å². The number of hydrogen-bond acceptors (Lipinski definition) is 4. The van der Waals surface area contributed by atoms with Gasteiger partial charge in [-0.15, -0.1) is 11.8 Å². The Balaban J connectivity index is 1.73. The molecule has 1 aromatic carbocycles. The summed E-state index contributed by atoms with van der Waals surface area (Å²) in [5.41, 5.74) is 0. The zero-order valence-corrected chi connectivity index (χ0v) is 19.0. The number of benzene rings is 1. The van der Waals surface area contributed by atoms with Gasteiger partial charge < -0.3 is 20.4 Å². The minimum Gasteiger partial charge on any atom is -0.357 e. The molecular formula is C22H39N5S. The summed E-state index contributed by atoms with van der Waals surface area (Å²) >= 11 is 1.90. The quantitative estimate of drug-likeness (QED) is 0.356. The Kier molecular flexibility index (Phi) is 10.8. The molecule has 2 atom stereocenters. The van der Waals surface area contributed by atoms with Crippen molar-refractivity contribution in [1.29, 1.82) is 0 Å². The van der Waals surface area contributed by atoms with Crippen LogP contribution in [-0.4, -0.2) is 79.9 Å². The zero-order valence-electron chi connectivity index (χ0n) is 18.2. The van der Waals surface area contributed by atoms with Gasteiger partial charge in [0.2, 0.25) is 0 Å². The summed E-state index contributed by atoms with van der Waals surface area (Å²) in [5, 5.41) is 7.38. The lowest BCUT2D eigenvalue weighted by molar-refractivity contribution is 0.125. The van der Waals surface area contributed by atoms with Gasteiger partial charge in [0.25, 0.3) is 0 Å². The molecule has 0 amide bonds. The summed E-state index contributed by atoms with van der Waals surface area (Å²) in [6.45, 7) is 18.7. The summed E-state index contributed by atoms with van der Waals surface area (Å²) in [4.78, 5) is 11.3. The Morgan fingerprint density at radius 3 is 2.36 bits per heavy atom. The Morgan fingerprint density at radius 2 is 1.71 bits per heavy atom. The van der Waals surface area contributed by atoms with E-state index in [1.807, 2.05) is 11.8 Å². The van der Waals surface area contributed by atoms with E-state index in [9.17, 15) is 0 Å². The maximum absolute atomic E-state index is 4.84. The first-order valence-corrected chi connectivity index (χ1v) is 11.7. The van der Waals surface area contributed by atoms with Crippen LogP contribution in [0, 0.1) is 5.92 Å². The monoisotopic (exact) mass is 405 g/mol. The molecule has 6 heteroatoms. The minimum atomic E-state index is 0.485. The van der Waals surface area contributed by atoms with Gasteiger partial charge in [0, 0.05) is 62.5 Å². The minimum absolute atomic E-state index is 0.485. The Hall–Kier alpha value is -1.24. The second kappa shape index (κ2) is 13.1. The van der Waals surface area contributed by atoms with Crippen LogP contribution in [0.5, 0.6) is 0 Å². The average Bonchev–Trinajstić information content (AvgIpc) is 2.71. The van der Waals surface area contributed by atoms with Crippen LogP contribution in [0.25, 0.3) is 0 Å². The molecule has 1 heterocycles. The molecule has 1 aliphatic rings. The third kappa shape index (κ3) is 8.84. The van der Waals surface area contributed by atoms with Crippen molar-refractivity contribution in [2.45, 2.75) is 37.8 Å². The number of guanidine groups is 1. The molecule has 1 fully saturated rings. The Labute approximate surface area is 176 Å². The number of likely N-dealkylation sites (N-methyl/N-ethyl adjacent to an activating group) is 1. The second-order valence-electron chi connectivity index (χ2n) is 7.68. The predicted molar refractivity (Wildman–Crippen MR) is 123 cm³/mol. The summed E-state index contributed by atoms with van der Waals surface area (Å²) in [5.74, 6) is 1.51. The molecule has 0 aromatic heterocycles. The number of nitrogens with zero attached hydrogens (tertiary/aromatic N) is 3. The lowest BCUT2D eigenvalue weighted by Gasteiger charge is -2.35. The van der Waals surface area contributed by atoms with Gasteiger partial charge in [-0.05, 0) is 31.5 Å². The molecule has 0 bridgehead atoms. The van der Waals surface area contributed by atoms with Crippen molar-refractivity contribution >= 4 is 17.7 Å². The normalized spacial score (nSPS) is 18.6. The number of aliphatic imine (C=N–C) groups is 1. The third-order valence-electron chi connectivity index (χ3n) is 5.02. The molecule has 0 saturated carbocycles. The van der Waals surface area contributed by atoms with Crippen molar-refractivity contribution in [3.05, 3.63) is 30.3 Å².